The Morgan fingerprint density at radius 3 is 2.40 bits per heavy atom. The summed E-state index contributed by atoms with van der Waals surface area (Å²) in [5.74, 6) is -0.0509. The molecule has 4 heteroatoms. The zero-order valence-electron chi connectivity index (χ0n) is 12.8. The number of likely N-dealkylation sites (N-methyl/N-ethyl adjacent to an activating group) is 2. The maximum Gasteiger partial charge on any atom is 0.257 e. The van der Waals surface area contributed by atoms with Crippen molar-refractivity contribution in [1.29, 1.82) is 0 Å². The second-order valence-corrected chi connectivity index (χ2v) is 6.15. The summed E-state index contributed by atoms with van der Waals surface area (Å²) < 4.78 is 0. The van der Waals surface area contributed by atoms with Crippen LogP contribution in [0.1, 0.15) is 35.2 Å². The van der Waals surface area contributed by atoms with Crippen LogP contribution < -0.4 is 0 Å². The van der Waals surface area contributed by atoms with Gasteiger partial charge >= 0.3 is 0 Å². The van der Waals surface area contributed by atoms with Crippen molar-refractivity contribution in [1.82, 2.24) is 9.80 Å². The summed E-state index contributed by atoms with van der Waals surface area (Å²) >= 11 is 0. The van der Waals surface area contributed by atoms with Crippen molar-refractivity contribution in [2.75, 3.05) is 27.7 Å². The van der Waals surface area contributed by atoms with Crippen molar-refractivity contribution in [2.24, 2.45) is 0 Å². The lowest BCUT2D eigenvalue weighted by molar-refractivity contribution is 0.0251. The molecule has 1 N–H and O–H groups in total. The molecule has 0 unspecified atom stereocenters. The SMILES string of the molecule is Cc1ccc(C(=O)N(C)CC2(N(C)C)CCC2)c(O)c1. The molecule has 1 fully saturated rings. The number of aryl methyl sites for hydroxylation is 1. The van der Waals surface area contributed by atoms with Crippen LogP contribution in [0.2, 0.25) is 0 Å². The quantitative estimate of drug-likeness (QED) is 0.917. The van der Waals surface area contributed by atoms with E-state index in [2.05, 4.69) is 19.0 Å². The number of carbonyl (C=O) groups is 1. The molecule has 2 rings (SSSR count). The summed E-state index contributed by atoms with van der Waals surface area (Å²) in [7, 11) is 5.95. The Bertz CT molecular complexity index is 507. The Morgan fingerprint density at radius 2 is 1.95 bits per heavy atom. The van der Waals surface area contributed by atoms with Crippen LogP contribution in [0, 0.1) is 6.92 Å². The molecule has 1 amide bonds. The predicted molar refractivity (Wildman–Crippen MR) is 80.1 cm³/mol. The van der Waals surface area contributed by atoms with Crippen molar-refractivity contribution >= 4 is 5.91 Å². The normalized spacial score (nSPS) is 16.9. The summed E-state index contributed by atoms with van der Waals surface area (Å²) in [5, 5.41) is 9.93. The van der Waals surface area contributed by atoms with E-state index < -0.39 is 0 Å². The molecule has 0 aliphatic heterocycles. The Hall–Kier alpha value is -1.55. The van der Waals surface area contributed by atoms with Gasteiger partial charge in [-0.25, -0.2) is 0 Å². The monoisotopic (exact) mass is 276 g/mol. The number of phenols is 1. The Balaban J connectivity index is 2.12. The minimum absolute atomic E-state index is 0.0642. The second-order valence-electron chi connectivity index (χ2n) is 6.15. The maximum absolute atomic E-state index is 12.5. The lowest BCUT2D eigenvalue weighted by Gasteiger charge is -2.49. The molecule has 1 saturated carbocycles. The highest BCUT2D eigenvalue weighted by molar-refractivity contribution is 5.96. The average molecular weight is 276 g/mol. The van der Waals surface area contributed by atoms with Crippen LogP contribution in [0.3, 0.4) is 0 Å². The maximum atomic E-state index is 12.5. The van der Waals surface area contributed by atoms with Crippen LogP contribution in [0.15, 0.2) is 18.2 Å². The standard InChI is InChI=1S/C16H24N2O2/c1-12-6-7-13(14(19)10-12)15(20)18(4)11-16(17(2)3)8-5-9-16/h6-7,10,19H,5,8-9,11H2,1-4H3. The van der Waals surface area contributed by atoms with Gasteiger partial charge < -0.3 is 14.9 Å². The number of hydrogen-bond acceptors (Lipinski definition) is 3. The molecule has 0 atom stereocenters. The zero-order chi connectivity index (χ0) is 14.9. The average Bonchev–Trinajstić information content (AvgIpc) is 2.32. The van der Waals surface area contributed by atoms with Crippen LogP contribution in [-0.4, -0.2) is 54.0 Å². The van der Waals surface area contributed by atoms with E-state index in [-0.39, 0.29) is 17.2 Å². The number of hydrogen-bond donors (Lipinski definition) is 1. The molecule has 1 aromatic carbocycles. The molecule has 110 valence electrons. The third-order valence-electron chi connectivity index (χ3n) is 4.49. The number of carbonyl (C=O) groups excluding carboxylic acids is 1. The lowest BCUT2D eigenvalue weighted by atomic mass is 9.75. The number of nitrogens with zero attached hydrogens (tertiary/aromatic N) is 2. The summed E-state index contributed by atoms with van der Waals surface area (Å²) in [6.45, 7) is 2.60. The first kappa shape index (κ1) is 14.9. The Morgan fingerprint density at radius 1 is 1.30 bits per heavy atom. The fraction of sp³-hybridized carbons (Fsp3) is 0.562. The van der Waals surface area contributed by atoms with Crippen LogP contribution >= 0.6 is 0 Å². The van der Waals surface area contributed by atoms with Crippen LogP contribution in [0.5, 0.6) is 5.75 Å². The summed E-state index contributed by atoms with van der Waals surface area (Å²) in [6, 6.07) is 5.19. The largest absolute Gasteiger partial charge is 0.507 e. The van der Waals surface area contributed by atoms with Gasteiger partial charge in [0.1, 0.15) is 5.75 Å². The fourth-order valence-electron chi connectivity index (χ4n) is 2.87. The lowest BCUT2D eigenvalue weighted by Crippen LogP contribution is -2.57. The van der Waals surface area contributed by atoms with Crippen LogP contribution in [0.25, 0.3) is 0 Å². The third kappa shape index (κ3) is 2.66. The van der Waals surface area contributed by atoms with Crippen LogP contribution in [-0.2, 0) is 0 Å². The van der Waals surface area contributed by atoms with Crippen molar-refractivity contribution in [3.05, 3.63) is 29.3 Å². The zero-order valence-corrected chi connectivity index (χ0v) is 12.8. The molecule has 1 aliphatic rings. The van der Waals surface area contributed by atoms with E-state index in [0.29, 0.717) is 12.1 Å². The van der Waals surface area contributed by atoms with Crippen molar-refractivity contribution < 1.29 is 9.90 Å². The molecule has 1 aliphatic carbocycles. The molecule has 0 spiro atoms. The predicted octanol–water partition coefficient (Wildman–Crippen LogP) is 2.26. The molecular formula is C16H24N2O2. The van der Waals surface area contributed by atoms with Gasteiger partial charge in [-0.05, 0) is 58.0 Å². The van der Waals surface area contributed by atoms with E-state index in [9.17, 15) is 9.90 Å². The minimum atomic E-state index is -0.115. The van der Waals surface area contributed by atoms with Gasteiger partial charge in [0.25, 0.3) is 5.91 Å². The van der Waals surface area contributed by atoms with E-state index >= 15 is 0 Å². The summed E-state index contributed by atoms with van der Waals surface area (Å²) in [5.41, 5.74) is 1.43. The molecule has 1 aromatic rings. The number of amides is 1. The molecular weight excluding hydrogens is 252 g/mol. The first-order valence-corrected chi connectivity index (χ1v) is 7.08. The van der Waals surface area contributed by atoms with Gasteiger partial charge in [0, 0.05) is 19.1 Å². The van der Waals surface area contributed by atoms with E-state index in [1.165, 1.54) is 6.42 Å². The van der Waals surface area contributed by atoms with Gasteiger partial charge in [0.05, 0.1) is 5.56 Å². The second kappa shape index (κ2) is 5.44. The summed E-state index contributed by atoms with van der Waals surface area (Å²) in [6.07, 6.45) is 3.46. The number of rotatable bonds is 4. The molecule has 20 heavy (non-hydrogen) atoms. The van der Waals surface area contributed by atoms with Crippen LogP contribution in [0.4, 0.5) is 0 Å². The molecule has 0 radical (unpaired) electrons. The Kier molecular flexibility index (Phi) is 4.04. The highest BCUT2D eigenvalue weighted by Crippen LogP contribution is 2.37. The topological polar surface area (TPSA) is 43.8 Å². The molecule has 0 saturated heterocycles. The van der Waals surface area contributed by atoms with Crippen molar-refractivity contribution in [2.45, 2.75) is 31.7 Å². The molecule has 4 nitrogen and oxygen atoms in total. The number of benzene rings is 1. The van der Waals surface area contributed by atoms with E-state index in [1.807, 2.05) is 20.0 Å². The number of phenolic OH excluding ortho intramolecular Hbond substituents is 1. The van der Waals surface area contributed by atoms with Gasteiger partial charge in [-0.3, -0.25) is 4.79 Å². The van der Waals surface area contributed by atoms with Crippen molar-refractivity contribution in [3.8, 4) is 5.75 Å². The van der Waals surface area contributed by atoms with Gasteiger partial charge in [0.2, 0.25) is 0 Å². The Labute approximate surface area is 121 Å². The molecule has 0 bridgehead atoms. The molecule has 0 heterocycles. The first-order valence-electron chi connectivity index (χ1n) is 7.08. The summed E-state index contributed by atoms with van der Waals surface area (Å²) in [4.78, 5) is 16.4. The van der Waals surface area contributed by atoms with E-state index in [1.54, 1.807) is 17.0 Å². The third-order valence-corrected chi connectivity index (χ3v) is 4.49. The highest BCUT2D eigenvalue weighted by Gasteiger charge is 2.40. The van der Waals surface area contributed by atoms with E-state index in [0.717, 1.165) is 18.4 Å². The minimum Gasteiger partial charge on any atom is -0.507 e. The van der Waals surface area contributed by atoms with Gasteiger partial charge in [0.15, 0.2) is 0 Å². The van der Waals surface area contributed by atoms with E-state index in [4.69, 9.17) is 0 Å². The van der Waals surface area contributed by atoms with Gasteiger partial charge in [-0.15, -0.1) is 0 Å². The first-order chi connectivity index (χ1) is 9.35. The molecule has 0 aromatic heterocycles. The number of aromatic hydroxyl groups is 1. The van der Waals surface area contributed by atoms with Crippen molar-refractivity contribution in [3.63, 3.8) is 0 Å². The van der Waals surface area contributed by atoms with Gasteiger partial charge in [-0.1, -0.05) is 6.07 Å². The van der Waals surface area contributed by atoms with Gasteiger partial charge in [-0.2, -0.15) is 0 Å². The fourth-order valence-corrected chi connectivity index (χ4v) is 2.87. The highest BCUT2D eigenvalue weighted by atomic mass is 16.3. The smallest absolute Gasteiger partial charge is 0.257 e.